The smallest absolute Gasteiger partial charge is 0.0802 e. The standard InChI is InChI=1S/C15H26O3/c1-11(2)13-6-8-15(3,18)7-4-5-12(10-16)9-14(13)17/h5-6,8,11,13-14,16-18H,4,7,9-10H2,1-3H3. The lowest BCUT2D eigenvalue weighted by molar-refractivity contribution is 0.0891. The second kappa shape index (κ2) is 6.50. The summed E-state index contributed by atoms with van der Waals surface area (Å²) in [5, 5.41) is 29.7. The predicted octanol–water partition coefficient (Wildman–Crippen LogP) is 2.03. The highest BCUT2D eigenvalue weighted by atomic mass is 16.3. The lowest BCUT2D eigenvalue weighted by Gasteiger charge is -2.27. The third-order valence-electron chi connectivity index (χ3n) is 3.65. The zero-order valence-corrected chi connectivity index (χ0v) is 11.6. The maximum atomic E-state index is 10.2. The van der Waals surface area contributed by atoms with Gasteiger partial charge in [-0.05, 0) is 37.7 Å². The maximum Gasteiger partial charge on any atom is 0.0802 e. The van der Waals surface area contributed by atoms with Crippen molar-refractivity contribution in [3.63, 3.8) is 0 Å². The Morgan fingerprint density at radius 1 is 1.44 bits per heavy atom. The first kappa shape index (κ1) is 15.4. The highest BCUT2D eigenvalue weighted by Crippen LogP contribution is 2.26. The Morgan fingerprint density at radius 2 is 2.11 bits per heavy atom. The second-order valence-electron chi connectivity index (χ2n) is 5.87. The van der Waals surface area contributed by atoms with Gasteiger partial charge in [-0.3, -0.25) is 0 Å². The van der Waals surface area contributed by atoms with Crippen molar-refractivity contribution >= 4 is 0 Å². The topological polar surface area (TPSA) is 60.7 Å². The van der Waals surface area contributed by atoms with Gasteiger partial charge in [0.05, 0.1) is 18.3 Å². The van der Waals surface area contributed by atoms with Gasteiger partial charge < -0.3 is 15.3 Å². The van der Waals surface area contributed by atoms with E-state index < -0.39 is 11.7 Å². The monoisotopic (exact) mass is 254 g/mol. The number of aliphatic hydroxyl groups is 3. The average molecular weight is 254 g/mol. The van der Waals surface area contributed by atoms with Crippen molar-refractivity contribution in [2.75, 3.05) is 6.61 Å². The van der Waals surface area contributed by atoms with Crippen LogP contribution in [0.2, 0.25) is 0 Å². The molecular weight excluding hydrogens is 228 g/mol. The molecule has 0 fully saturated rings. The van der Waals surface area contributed by atoms with Gasteiger partial charge in [0, 0.05) is 5.92 Å². The fraction of sp³-hybridized carbons (Fsp3) is 0.733. The summed E-state index contributed by atoms with van der Waals surface area (Å²) in [5.74, 6) is 0.302. The zero-order chi connectivity index (χ0) is 13.8. The molecule has 0 aromatic heterocycles. The van der Waals surface area contributed by atoms with E-state index in [0.29, 0.717) is 25.2 Å². The van der Waals surface area contributed by atoms with Crippen LogP contribution in [-0.2, 0) is 0 Å². The first-order valence-electron chi connectivity index (χ1n) is 6.74. The van der Waals surface area contributed by atoms with E-state index in [1.54, 1.807) is 13.0 Å². The van der Waals surface area contributed by atoms with Gasteiger partial charge in [-0.1, -0.05) is 32.1 Å². The summed E-state index contributed by atoms with van der Waals surface area (Å²) in [7, 11) is 0. The Kier molecular flexibility index (Phi) is 5.57. The molecule has 0 spiro atoms. The number of rotatable bonds is 2. The van der Waals surface area contributed by atoms with Crippen LogP contribution in [0, 0.1) is 11.8 Å². The van der Waals surface area contributed by atoms with Crippen molar-refractivity contribution in [1.82, 2.24) is 0 Å². The van der Waals surface area contributed by atoms with Gasteiger partial charge in [0.25, 0.3) is 0 Å². The van der Waals surface area contributed by atoms with E-state index in [4.69, 9.17) is 0 Å². The summed E-state index contributed by atoms with van der Waals surface area (Å²) in [6.07, 6.45) is 7.02. The molecule has 18 heavy (non-hydrogen) atoms. The van der Waals surface area contributed by atoms with E-state index in [9.17, 15) is 15.3 Å². The minimum Gasteiger partial charge on any atom is -0.392 e. The molecule has 104 valence electrons. The number of allylic oxidation sites excluding steroid dienone is 1. The Bertz CT molecular complexity index is 316. The van der Waals surface area contributed by atoms with Crippen molar-refractivity contribution in [2.45, 2.75) is 51.7 Å². The van der Waals surface area contributed by atoms with Crippen molar-refractivity contribution in [1.29, 1.82) is 0 Å². The Hall–Kier alpha value is -0.640. The SMILES string of the molecule is CC(C)C1C=CC(C)(O)CCC=C(CO)CC1O. The summed E-state index contributed by atoms with van der Waals surface area (Å²) >= 11 is 0. The van der Waals surface area contributed by atoms with Gasteiger partial charge in [-0.2, -0.15) is 0 Å². The molecule has 1 aliphatic rings. The van der Waals surface area contributed by atoms with Crippen molar-refractivity contribution in [3.8, 4) is 0 Å². The van der Waals surface area contributed by atoms with E-state index in [2.05, 4.69) is 13.8 Å². The van der Waals surface area contributed by atoms with Crippen LogP contribution >= 0.6 is 0 Å². The fourth-order valence-electron chi connectivity index (χ4n) is 2.38. The first-order chi connectivity index (χ1) is 8.35. The molecule has 0 radical (unpaired) electrons. The Labute approximate surface area is 110 Å². The molecule has 1 aliphatic carbocycles. The molecule has 0 saturated carbocycles. The van der Waals surface area contributed by atoms with Crippen LogP contribution in [0.1, 0.15) is 40.0 Å². The second-order valence-corrected chi connectivity index (χ2v) is 5.87. The quantitative estimate of drug-likeness (QED) is 0.661. The first-order valence-corrected chi connectivity index (χ1v) is 6.74. The van der Waals surface area contributed by atoms with Gasteiger partial charge >= 0.3 is 0 Å². The summed E-state index contributed by atoms with van der Waals surface area (Å²) in [5.41, 5.74) is 0.0145. The van der Waals surface area contributed by atoms with Gasteiger partial charge in [0.1, 0.15) is 0 Å². The summed E-state index contributed by atoms with van der Waals surface area (Å²) in [4.78, 5) is 0. The van der Waals surface area contributed by atoms with Crippen LogP contribution in [0.25, 0.3) is 0 Å². The third kappa shape index (κ3) is 4.56. The molecule has 3 heteroatoms. The highest BCUT2D eigenvalue weighted by Gasteiger charge is 2.24. The zero-order valence-electron chi connectivity index (χ0n) is 11.6. The molecular formula is C15H26O3. The molecule has 3 atom stereocenters. The van der Waals surface area contributed by atoms with Gasteiger partial charge in [-0.25, -0.2) is 0 Å². The van der Waals surface area contributed by atoms with Crippen LogP contribution in [0.15, 0.2) is 23.8 Å². The number of hydrogen-bond acceptors (Lipinski definition) is 3. The average Bonchev–Trinajstić information content (AvgIpc) is 2.26. The molecule has 0 amide bonds. The van der Waals surface area contributed by atoms with E-state index >= 15 is 0 Å². The number of aliphatic hydroxyl groups excluding tert-OH is 2. The van der Waals surface area contributed by atoms with E-state index in [0.717, 1.165) is 5.57 Å². The predicted molar refractivity (Wildman–Crippen MR) is 73.1 cm³/mol. The molecule has 1 rings (SSSR count). The lowest BCUT2D eigenvalue weighted by atomic mass is 9.84. The maximum absolute atomic E-state index is 10.2. The van der Waals surface area contributed by atoms with Gasteiger partial charge in [0.2, 0.25) is 0 Å². The summed E-state index contributed by atoms with van der Waals surface area (Å²) in [6, 6.07) is 0. The molecule has 3 unspecified atom stereocenters. The lowest BCUT2D eigenvalue weighted by Crippen LogP contribution is -2.27. The molecule has 3 nitrogen and oxygen atoms in total. The Balaban J connectivity index is 2.95. The normalized spacial score (nSPS) is 34.5. The fourth-order valence-corrected chi connectivity index (χ4v) is 2.38. The van der Waals surface area contributed by atoms with E-state index in [-0.39, 0.29) is 12.5 Å². The van der Waals surface area contributed by atoms with Crippen molar-refractivity contribution in [3.05, 3.63) is 23.8 Å². The largest absolute Gasteiger partial charge is 0.392 e. The minimum absolute atomic E-state index is 0.00419. The van der Waals surface area contributed by atoms with Crippen LogP contribution in [0.3, 0.4) is 0 Å². The van der Waals surface area contributed by atoms with Crippen LogP contribution < -0.4 is 0 Å². The van der Waals surface area contributed by atoms with Crippen molar-refractivity contribution in [2.24, 2.45) is 11.8 Å². The molecule has 0 aromatic rings. The Morgan fingerprint density at radius 3 is 2.67 bits per heavy atom. The summed E-state index contributed by atoms with van der Waals surface area (Å²) < 4.78 is 0. The highest BCUT2D eigenvalue weighted by molar-refractivity contribution is 5.11. The van der Waals surface area contributed by atoms with Crippen LogP contribution in [-0.4, -0.2) is 33.6 Å². The van der Waals surface area contributed by atoms with E-state index in [1.165, 1.54) is 0 Å². The molecule has 0 bridgehead atoms. The van der Waals surface area contributed by atoms with E-state index in [1.807, 2.05) is 12.2 Å². The van der Waals surface area contributed by atoms with Crippen LogP contribution in [0.4, 0.5) is 0 Å². The molecule has 3 N–H and O–H groups in total. The molecule has 0 heterocycles. The summed E-state index contributed by atoms with van der Waals surface area (Å²) in [6.45, 7) is 5.87. The number of hydrogen-bond donors (Lipinski definition) is 3. The molecule has 0 aliphatic heterocycles. The van der Waals surface area contributed by atoms with Crippen LogP contribution in [0.5, 0.6) is 0 Å². The van der Waals surface area contributed by atoms with Gasteiger partial charge in [-0.15, -0.1) is 0 Å². The third-order valence-corrected chi connectivity index (χ3v) is 3.65. The molecule has 0 saturated heterocycles. The van der Waals surface area contributed by atoms with Crippen molar-refractivity contribution < 1.29 is 15.3 Å². The molecule has 0 aromatic carbocycles. The minimum atomic E-state index is -0.846. The van der Waals surface area contributed by atoms with Gasteiger partial charge in [0.15, 0.2) is 0 Å².